The number of halogens is 2. The van der Waals surface area contributed by atoms with Gasteiger partial charge < -0.3 is 9.80 Å². The lowest BCUT2D eigenvalue weighted by atomic mass is 9.96. The number of allylic oxidation sites excluding steroid dienone is 1. The summed E-state index contributed by atoms with van der Waals surface area (Å²) in [4.78, 5) is 15.2. The Morgan fingerprint density at radius 3 is 1.85 bits per heavy atom. The van der Waals surface area contributed by atoms with Gasteiger partial charge in [0.2, 0.25) is 5.91 Å². The standard InChI is InChI=1S/C21H22F2N2O/c1-2-3-20(26)24-12-14-25(15-13-24)21(16-4-8-18(22)9-5-16)17-6-10-19(23)11-7-17/h2-11,21H,12-15H2,1H3/p+1/b3-2+. The second kappa shape index (κ2) is 8.23. The Morgan fingerprint density at radius 1 is 0.962 bits per heavy atom. The van der Waals surface area contributed by atoms with Crippen LogP contribution in [0.4, 0.5) is 8.78 Å². The number of hydrogen-bond acceptors (Lipinski definition) is 1. The predicted octanol–water partition coefficient (Wildman–Crippen LogP) is 2.36. The lowest BCUT2D eigenvalue weighted by Crippen LogP contribution is -3.15. The molecule has 1 N–H and O–H groups in total. The number of nitrogens with zero attached hydrogens (tertiary/aromatic N) is 1. The molecule has 1 saturated heterocycles. The van der Waals surface area contributed by atoms with Crippen LogP contribution in [0.2, 0.25) is 0 Å². The summed E-state index contributed by atoms with van der Waals surface area (Å²) in [5.41, 5.74) is 1.97. The molecule has 0 unspecified atom stereocenters. The van der Waals surface area contributed by atoms with Gasteiger partial charge in [-0.05, 0) is 61.5 Å². The molecule has 1 aliphatic rings. The molecular weight excluding hydrogens is 334 g/mol. The van der Waals surface area contributed by atoms with E-state index in [-0.39, 0.29) is 23.6 Å². The molecule has 0 spiro atoms. The summed E-state index contributed by atoms with van der Waals surface area (Å²) in [5, 5.41) is 0. The van der Waals surface area contributed by atoms with Crippen LogP contribution in [0.25, 0.3) is 0 Å². The molecule has 0 atom stereocenters. The third kappa shape index (κ3) is 4.17. The van der Waals surface area contributed by atoms with Gasteiger partial charge in [-0.2, -0.15) is 0 Å². The number of hydrogen-bond donors (Lipinski definition) is 1. The van der Waals surface area contributed by atoms with E-state index in [1.807, 2.05) is 11.8 Å². The average molecular weight is 357 g/mol. The van der Waals surface area contributed by atoms with Crippen LogP contribution in [0.1, 0.15) is 24.1 Å². The van der Waals surface area contributed by atoms with Gasteiger partial charge >= 0.3 is 0 Å². The zero-order valence-corrected chi connectivity index (χ0v) is 14.8. The van der Waals surface area contributed by atoms with Crippen LogP contribution in [0.3, 0.4) is 0 Å². The lowest BCUT2D eigenvalue weighted by molar-refractivity contribution is -0.929. The van der Waals surface area contributed by atoms with Gasteiger partial charge in [-0.25, -0.2) is 8.78 Å². The summed E-state index contributed by atoms with van der Waals surface area (Å²) in [6.45, 7) is 4.72. The van der Waals surface area contributed by atoms with E-state index in [1.54, 1.807) is 36.4 Å². The van der Waals surface area contributed by atoms with Crippen LogP contribution >= 0.6 is 0 Å². The second-order valence-electron chi connectivity index (χ2n) is 6.52. The SMILES string of the molecule is C/C=C/C(=O)N1CC[NH+](C(c2ccc(F)cc2)c2ccc(F)cc2)CC1. The van der Waals surface area contributed by atoms with Gasteiger partial charge in [-0.15, -0.1) is 0 Å². The summed E-state index contributed by atoms with van der Waals surface area (Å²) in [7, 11) is 0. The van der Waals surface area contributed by atoms with Crippen LogP contribution < -0.4 is 4.90 Å². The van der Waals surface area contributed by atoms with E-state index in [9.17, 15) is 13.6 Å². The van der Waals surface area contributed by atoms with Crippen molar-refractivity contribution in [1.82, 2.24) is 4.90 Å². The molecular formula is C21H23F2N2O+. The Bertz CT molecular complexity index is 718. The summed E-state index contributed by atoms with van der Waals surface area (Å²) in [6.07, 6.45) is 3.34. The minimum Gasteiger partial charge on any atom is -0.328 e. The molecule has 3 nitrogen and oxygen atoms in total. The maximum Gasteiger partial charge on any atom is 0.246 e. The molecule has 0 bridgehead atoms. The molecule has 2 aromatic carbocycles. The maximum absolute atomic E-state index is 13.4. The quantitative estimate of drug-likeness (QED) is 0.835. The number of quaternary nitrogens is 1. The Morgan fingerprint density at radius 2 is 1.42 bits per heavy atom. The summed E-state index contributed by atoms with van der Waals surface area (Å²) >= 11 is 0. The second-order valence-corrected chi connectivity index (χ2v) is 6.52. The molecule has 1 aliphatic heterocycles. The van der Waals surface area contributed by atoms with E-state index < -0.39 is 0 Å². The third-order valence-corrected chi connectivity index (χ3v) is 4.84. The number of carbonyl (C=O) groups excluding carboxylic acids is 1. The molecule has 0 saturated carbocycles. The Kier molecular flexibility index (Phi) is 5.78. The first-order chi connectivity index (χ1) is 12.6. The molecule has 5 heteroatoms. The fourth-order valence-electron chi connectivity index (χ4n) is 3.53. The first-order valence-electron chi connectivity index (χ1n) is 8.85. The highest BCUT2D eigenvalue weighted by molar-refractivity contribution is 5.87. The van der Waals surface area contributed by atoms with Crippen LogP contribution in [-0.4, -0.2) is 37.0 Å². The van der Waals surface area contributed by atoms with E-state index in [2.05, 4.69) is 0 Å². The first-order valence-corrected chi connectivity index (χ1v) is 8.85. The smallest absolute Gasteiger partial charge is 0.246 e. The Labute approximate surface area is 152 Å². The van der Waals surface area contributed by atoms with E-state index in [4.69, 9.17) is 0 Å². The van der Waals surface area contributed by atoms with E-state index in [0.717, 1.165) is 24.2 Å². The van der Waals surface area contributed by atoms with E-state index >= 15 is 0 Å². The number of rotatable bonds is 4. The van der Waals surface area contributed by atoms with Gasteiger partial charge in [0.1, 0.15) is 17.7 Å². The van der Waals surface area contributed by atoms with Crippen molar-refractivity contribution in [1.29, 1.82) is 0 Å². The summed E-state index contributed by atoms with van der Waals surface area (Å²) in [5.74, 6) is -0.515. The van der Waals surface area contributed by atoms with Crippen LogP contribution in [0.5, 0.6) is 0 Å². The highest BCUT2D eigenvalue weighted by Gasteiger charge is 2.31. The molecule has 0 aliphatic carbocycles. The minimum absolute atomic E-state index is 0.0184. The van der Waals surface area contributed by atoms with E-state index in [1.165, 1.54) is 29.2 Å². The van der Waals surface area contributed by atoms with Crippen molar-refractivity contribution >= 4 is 5.91 Å². The zero-order valence-electron chi connectivity index (χ0n) is 14.8. The number of piperazine rings is 1. The van der Waals surface area contributed by atoms with Gasteiger partial charge in [0.05, 0.1) is 26.2 Å². The molecule has 0 aromatic heterocycles. The topological polar surface area (TPSA) is 24.8 Å². The molecule has 1 fully saturated rings. The normalized spacial score (nSPS) is 15.8. The summed E-state index contributed by atoms with van der Waals surface area (Å²) in [6, 6.07) is 12.9. The van der Waals surface area contributed by atoms with Crippen LogP contribution in [0, 0.1) is 11.6 Å². The highest BCUT2D eigenvalue weighted by atomic mass is 19.1. The molecule has 1 heterocycles. The van der Waals surface area contributed by atoms with Crippen LogP contribution in [-0.2, 0) is 4.79 Å². The minimum atomic E-state index is -0.275. The van der Waals surface area contributed by atoms with Crippen LogP contribution in [0.15, 0.2) is 60.7 Å². The van der Waals surface area contributed by atoms with Gasteiger partial charge in [0, 0.05) is 11.1 Å². The predicted molar refractivity (Wildman–Crippen MR) is 96.7 cm³/mol. The summed E-state index contributed by atoms with van der Waals surface area (Å²) < 4.78 is 26.7. The molecule has 0 radical (unpaired) electrons. The van der Waals surface area contributed by atoms with Crippen molar-refractivity contribution < 1.29 is 18.5 Å². The number of amides is 1. The third-order valence-electron chi connectivity index (χ3n) is 4.84. The highest BCUT2D eigenvalue weighted by Crippen LogP contribution is 2.20. The number of benzene rings is 2. The lowest BCUT2D eigenvalue weighted by Gasteiger charge is -2.36. The molecule has 3 rings (SSSR count). The van der Waals surface area contributed by atoms with Crippen molar-refractivity contribution in [2.24, 2.45) is 0 Å². The van der Waals surface area contributed by atoms with Crippen molar-refractivity contribution in [3.8, 4) is 0 Å². The Balaban J connectivity index is 1.84. The monoisotopic (exact) mass is 357 g/mol. The molecule has 26 heavy (non-hydrogen) atoms. The largest absolute Gasteiger partial charge is 0.328 e. The fraction of sp³-hybridized carbons (Fsp3) is 0.286. The van der Waals surface area contributed by atoms with Gasteiger partial charge in [-0.1, -0.05) is 6.08 Å². The zero-order chi connectivity index (χ0) is 18.5. The maximum atomic E-state index is 13.4. The van der Waals surface area contributed by atoms with Crippen molar-refractivity contribution in [2.75, 3.05) is 26.2 Å². The Hall–Kier alpha value is -2.53. The van der Waals surface area contributed by atoms with E-state index in [0.29, 0.717) is 13.1 Å². The first kappa shape index (κ1) is 18.3. The van der Waals surface area contributed by atoms with Crippen molar-refractivity contribution in [2.45, 2.75) is 13.0 Å². The average Bonchev–Trinajstić information content (AvgIpc) is 2.66. The van der Waals surface area contributed by atoms with Gasteiger partial charge in [-0.3, -0.25) is 4.79 Å². The van der Waals surface area contributed by atoms with Crippen molar-refractivity contribution in [3.63, 3.8) is 0 Å². The fourth-order valence-corrected chi connectivity index (χ4v) is 3.53. The number of carbonyl (C=O) groups is 1. The number of nitrogens with one attached hydrogen (secondary N) is 1. The molecule has 136 valence electrons. The van der Waals surface area contributed by atoms with Crippen molar-refractivity contribution in [3.05, 3.63) is 83.4 Å². The van der Waals surface area contributed by atoms with Gasteiger partial charge in [0.25, 0.3) is 0 Å². The van der Waals surface area contributed by atoms with Gasteiger partial charge in [0.15, 0.2) is 0 Å². The molecule has 1 amide bonds. The molecule has 2 aromatic rings.